The van der Waals surface area contributed by atoms with Crippen LogP contribution in [0.5, 0.6) is 0 Å². The molecule has 1 unspecified atom stereocenters. The monoisotopic (exact) mass is 295 g/mol. The van der Waals surface area contributed by atoms with Crippen molar-refractivity contribution < 1.29 is 9.66 Å². The van der Waals surface area contributed by atoms with Gasteiger partial charge in [0.1, 0.15) is 5.69 Å². The average Bonchev–Trinajstić information content (AvgIpc) is 2.44. The van der Waals surface area contributed by atoms with E-state index in [0.717, 1.165) is 0 Å². The van der Waals surface area contributed by atoms with Gasteiger partial charge in [0.25, 0.3) is 5.69 Å². The van der Waals surface area contributed by atoms with Gasteiger partial charge >= 0.3 is 0 Å². The summed E-state index contributed by atoms with van der Waals surface area (Å²) >= 11 is 0. The highest BCUT2D eigenvalue weighted by Gasteiger charge is 2.11. The highest BCUT2D eigenvalue weighted by Crippen LogP contribution is 2.22. The Morgan fingerprint density at radius 2 is 2.24 bits per heavy atom. The van der Waals surface area contributed by atoms with Gasteiger partial charge in [-0.05, 0) is 13.0 Å². The molecule has 1 rings (SSSR count). The number of hydrogen-bond acceptors (Lipinski definition) is 5. The number of nitro benzene ring substituents is 1. The lowest BCUT2D eigenvalue weighted by atomic mass is 10.2. The summed E-state index contributed by atoms with van der Waals surface area (Å²) in [6, 6.07) is 6.54. The molecule has 0 saturated heterocycles. The number of ether oxygens (including phenoxy) is 1. The van der Waals surface area contributed by atoms with E-state index in [1.807, 2.05) is 6.92 Å². The second-order valence-electron chi connectivity index (χ2n) is 4.47. The molecule has 0 amide bonds. The minimum absolute atomic E-state index is 0.0429. The third-order valence-corrected chi connectivity index (χ3v) is 2.62. The highest BCUT2D eigenvalue weighted by molar-refractivity contribution is 5.78. The van der Waals surface area contributed by atoms with Crippen LogP contribution in [0.2, 0.25) is 0 Å². The Kier molecular flexibility index (Phi) is 6.96. The Morgan fingerprint density at radius 1 is 1.52 bits per heavy atom. The first-order valence-corrected chi connectivity index (χ1v) is 6.57. The predicted molar refractivity (Wildman–Crippen MR) is 82.5 cm³/mol. The molecule has 116 valence electrons. The Balaban J connectivity index is 2.42. The summed E-state index contributed by atoms with van der Waals surface area (Å²) in [6.45, 7) is 3.32. The summed E-state index contributed by atoms with van der Waals surface area (Å²) in [5.74, 6) is 0.323. The number of nitrogens with one attached hydrogen (secondary N) is 2. The van der Waals surface area contributed by atoms with Crippen molar-refractivity contribution in [1.29, 1.82) is 0 Å². The molecule has 0 bridgehead atoms. The first-order chi connectivity index (χ1) is 10.0. The zero-order valence-electron chi connectivity index (χ0n) is 12.2. The van der Waals surface area contributed by atoms with Crippen LogP contribution in [0.4, 0.5) is 11.4 Å². The molecular weight excluding hydrogens is 274 g/mol. The minimum Gasteiger partial charge on any atom is -0.383 e. The van der Waals surface area contributed by atoms with Gasteiger partial charge in [0.15, 0.2) is 5.96 Å². The fourth-order valence-electron chi connectivity index (χ4n) is 1.74. The molecule has 0 aromatic heterocycles. The van der Waals surface area contributed by atoms with E-state index in [2.05, 4.69) is 15.6 Å². The molecule has 0 radical (unpaired) electrons. The maximum atomic E-state index is 10.8. The summed E-state index contributed by atoms with van der Waals surface area (Å²) in [5, 5.41) is 16.8. The standard InChI is InChI=1S/C13H21N5O3/c1-10(9-21-2)17-13(14)16-8-7-15-11-5-3-4-6-12(11)18(19)20/h3-6,10,15H,7-9H2,1-2H3,(H3,14,16,17). The smallest absolute Gasteiger partial charge is 0.292 e. The van der Waals surface area contributed by atoms with E-state index in [9.17, 15) is 10.1 Å². The first-order valence-electron chi connectivity index (χ1n) is 6.57. The van der Waals surface area contributed by atoms with Crippen LogP contribution in [0.1, 0.15) is 6.92 Å². The van der Waals surface area contributed by atoms with Crippen molar-refractivity contribution in [2.75, 3.05) is 32.1 Å². The van der Waals surface area contributed by atoms with Gasteiger partial charge in [-0.1, -0.05) is 12.1 Å². The molecule has 0 fully saturated rings. The highest BCUT2D eigenvalue weighted by atomic mass is 16.6. The van der Waals surface area contributed by atoms with Gasteiger partial charge in [-0.25, -0.2) is 0 Å². The van der Waals surface area contributed by atoms with E-state index in [1.165, 1.54) is 6.07 Å². The van der Waals surface area contributed by atoms with Gasteiger partial charge in [0.05, 0.1) is 18.1 Å². The number of methoxy groups -OCH3 is 1. The van der Waals surface area contributed by atoms with Crippen molar-refractivity contribution in [3.63, 3.8) is 0 Å². The van der Waals surface area contributed by atoms with E-state index in [4.69, 9.17) is 10.5 Å². The number of guanidine groups is 1. The molecule has 0 aliphatic carbocycles. The molecule has 8 nitrogen and oxygen atoms in total. The first kappa shape index (κ1) is 16.7. The van der Waals surface area contributed by atoms with Crippen LogP contribution in [-0.2, 0) is 4.74 Å². The van der Waals surface area contributed by atoms with Gasteiger partial charge in [0, 0.05) is 25.8 Å². The van der Waals surface area contributed by atoms with Crippen molar-refractivity contribution in [2.24, 2.45) is 10.7 Å². The van der Waals surface area contributed by atoms with Crippen LogP contribution in [0.25, 0.3) is 0 Å². The maximum Gasteiger partial charge on any atom is 0.292 e. The second kappa shape index (κ2) is 8.75. The number of nitrogens with zero attached hydrogens (tertiary/aromatic N) is 2. The number of anilines is 1. The lowest BCUT2D eigenvalue weighted by molar-refractivity contribution is -0.384. The Hall–Kier alpha value is -2.35. The number of nitro groups is 1. The van der Waals surface area contributed by atoms with Gasteiger partial charge in [-0.2, -0.15) is 0 Å². The Morgan fingerprint density at radius 3 is 2.90 bits per heavy atom. The number of para-hydroxylation sites is 2. The zero-order chi connectivity index (χ0) is 15.7. The van der Waals surface area contributed by atoms with Crippen LogP contribution in [0.15, 0.2) is 29.3 Å². The number of hydrogen-bond donors (Lipinski definition) is 3. The average molecular weight is 295 g/mol. The molecule has 8 heteroatoms. The molecular formula is C13H21N5O3. The number of benzene rings is 1. The van der Waals surface area contributed by atoms with Crippen molar-refractivity contribution in [3.05, 3.63) is 34.4 Å². The third-order valence-electron chi connectivity index (χ3n) is 2.62. The van der Waals surface area contributed by atoms with Crippen LogP contribution in [0, 0.1) is 10.1 Å². The predicted octanol–water partition coefficient (Wildman–Crippen LogP) is 0.946. The largest absolute Gasteiger partial charge is 0.383 e. The van der Waals surface area contributed by atoms with Crippen molar-refractivity contribution >= 4 is 17.3 Å². The fraction of sp³-hybridized carbons (Fsp3) is 0.462. The second-order valence-corrected chi connectivity index (χ2v) is 4.47. The van der Waals surface area contributed by atoms with E-state index >= 15 is 0 Å². The van der Waals surface area contributed by atoms with Crippen molar-refractivity contribution in [3.8, 4) is 0 Å². The molecule has 0 spiro atoms. The summed E-state index contributed by atoms with van der Waals surface area (Å²) in [6.07, 6.45) is 0. The fourth-order valence-corrected chi connectivity index (χ4v) is 1.74. The number of aliphatic imine (C=N–C) groups is 1. The molecule has 0 aliphatic heterocycles. The quantitative estimate of drug-likeness (QED) is 0.216. The maximum absolute atomic E-state index is 10.8. The lowest BCUT2D eigenvalue weighted by Crippen LogP contribution is -2.40. The minimum atomic E-state index is -0.423. The van der Waals surface area contributed by atoms with Gasteiger partial charge in [-0.15, -0.1) is 0 Å². The van der Waals surface area contributed by atoms with Crippen LogP contribution in [0.3, 0.4) is 0 Å². The topological polar surface area (TPSA) is 115 Å². The van der Waals surface area contributed by atoms with E-state index < -0.39 is 4.92 Å². The Bertz CT molecular complexity index is 492. The normalized spacial score (nSPS) is 12.8. The molecule has 0 aliphatic rings. The molecule has 0 saturated carbocycles. The molecule has 4 N–H and O–H groups in total. The van der Waals surface area contributed by atoms with E-state index in [0.29, 0.717) is 31.3 Å². The molecule has 1 aromatic carbocycles. The molecule has 0 heterocycles. The molecule has 21 heavy (non-hydrogen) atoms. The summed E-state index contributed by atoms with van der Waals surface area (Å²) in [4.78, 5) is 14.6. The SMILES string of the molecule is COCC(C)NC(N)=NCCNc1ccccc1[N+](=O)[O-]. The molecule has 1 aromatic rings. The van der Waals surface area contributed by atoms with E-state index in [1.54, 1.807) is 25.3 Å². The van der Waals surface area contributed by atoms with Crippen molar-refractivity contribution in [2.45, 2.75) is 13.0 Å². The molecule has 1 atom stereocenters. The number of rotatable bonds is 8. The van der Waals surface area contributed by atoms with Crippen molar-refractivity contribution in [1.82, 2.24) is 5.32 Å². The van der Waals surface area contributed by atoms with Gasteiger partial charge in [0.2, 0.25) is 0 Å². The van der Waals surface area contributed by atoms with Crippen LogP contribution in [-0.4, -0.2) is 43.7 Å². The zero-order valence-corrected chi connectivity index (χ0v) is 12.2. The summed E-state index contributed by atoms with van der Waals surface area (Å²) < 4.78 is 4.97. The van der Waals surface area contributed by atoms with Gasteiger partial charge in [-0.3, -0.25) is 15.1 Å². The van der Waals surface area contributed by atoms with Gasteiger partial charge < -0.3 is 21.1 Å². The van der Waals surface area contributed by atoms with Crippen LogP contribution >= 0.6 is 0 Å². The third kappa shape index (κ3) is 6.09. The summed E-state index contributed by atoms with van der Waals surface area (Å²) in [5.41, 5.74) is 6.22. The Labute approximate surface area is 123 Å². The summed E-state index contributed by atoms with van der Waals surface area (Å²) in [7, 11) is 1.61. The van der Waals surface area contributed by atoms with Crippen LogP contribution < -0.4 is 16.4 Å². The number of nitrogens with two attached hydrogens (primary N) is 1. The van der Waals surface area contributed by atoms with E-state index in [-0.39, 0.29) is 11.7 Å². The lowest BCUT2D eigenvalue weighted by Gasteiger charge is -2.13.